The van der Waals surface area contributed by atoms with Crippen LogP contribution in [-0.4, -0.2) is 32.4 Å². The molecule has 0 saturated heterocycles. The van der Waals surface area contributed by atoms with Crippen LogP contribution < -0.4 is 4.72 Å². The second-order valence-electron chi connectivity index (χ2n) is 4.73. The molecular weight excluding hydrogens is 214 g/mol. The molecule has 1 aliphatic carbocycles. The van der Waals surface area contributed by atoms with E-state index in [1.807, 2.05) is 0 Å². The maximum atomic E-state index is 11.3. The highest BCUT2D eigenvalue weighted by molar-refractivity contribution is 7.89. The number of nitrogens with one attached hydrogen (secondary N) is 1. The normalized spacial score (nSPS) is 21.5. The first-order chi connectivity index (χ1) is 6.97. The van der Waals surface area contributed by atoms with Crippen molar-refractivity contribution in [2.75, 3.05) is 18.9 Å². The van der Waals surface area contributed by atoms with Crippen molar-refractivity contribution in [3.63, 3.8) is 0 Å². The standard InChI is InChI=1S/C10H21NO3S/c1-10(5-3-2-4-6-10)9-11-15(13,14)8-7-12/h11-12H,2-9H2,1H3. The van der Waals surface area contributed by atoms with Crippen molar-refractivity contribution >= 4 is 10.0 Å². The summed E-state index contributed by atoms with van der Waals surface area (Å²) in [6, 6.07) is 0. The largest absolute Gasteiger partial charge is 0.395 e. The SMILES string of the molecule is CC1(CNS(=O)(=O)CCO)CCCCC1. The summed E-state index contributed by atoms with van der Waals surface area (Å²) in [4.78, 5) is 0. The molecule has 0 aromatic heterocycles. The van der Waals surface area contributed by atoms with E-state index < -0.39 is 10.0 Å². The van der Waals surface area contributed by atoms with E-state index in [1.165, 1.54) is 19.3 Å². The molecule has 0 radical (unpaired) electrons. The number of aliphatic hydroxyl groups excluding tert-OH is 1. The van der Waals surface area contributed by atoms with Gasteiger partial charge in [-0.2, -0.15) is 0 Å². The zero-order valence-electron chi connectivity index (χ0n) is 9.33. The van der Waals surface area contributed by atoms with Crippen LogP contribution in [0, 0.1) is 5.41 Å². The van der Waals surface area contributed by atoms with Crippen molar-refractivity contribution in [2.45, 2.75) is 39.0 Å². The first-order valence-corrected chi connectivity index (χ1v) is 7.21. The van der Waals surface area contributed by atoms with Gasteiger partial charge in [-0.25, -0.2) is 13.1 Å². The smallest absolute Gasteiger partial charge is 0.213 e. The maximum absolute atomic E-state index is 11.3. The van der Waals surface area contributed by atoms with Gasteiger partial charge in [-0.05, 0) is 18.3 Å². The number of aliphatic hydroxyl groups is 1. The monoisotopic (exact) mass is 235 g/mol. The van der Waals surface area contributed by atoms with E-state index in [4.69, 9.17) is 5.11 Å². The van der Waals surface area contributed by atoms with Gasteiger partial charge in [-0.1, -0.05) is 26.2 Å². The lowest BCUT2D eigenvalue weighted by Crippen LogP contribution is -2.38. The summed E-state index contributed by atoms with van der Waals surface area (Å²) in [6.07, 6.45) is 5.83. The highest BCUT2D eigenvalue weighted by Crippen LogP contribution is 2.34. The van der Waals surface area contributed by atoms with Gasteiger partial charge < -0.3 is 5.11 Å². The number of hydrogen-bond donors (Lipinski definition) is 2. The van der Waals surface area contributed by atoms with Crippen LogP contribution >= 0.6 is 0 Å². The first-order valence-electron chi connectivity index (χ1n) is 5.56. The molecule has 0 unspecified atom stereocenters. The fourth-order valence-electron chi connectivity index (χ4n) is 2.06. The van der Waals surface area contributed by atoms with Crippen LogP contribution in [0.5, 0.6) is 0 Å². The Morgan fingerprint density at radius 1 is 1.27 bits per heavy atom. The van der Waals surface area contributed by atoms with E-state index in [2.05, 4.69) is 11.6 Å². The van der Waals surface area contributed by atoms with Gasteiger partial charge in [0.05, 0.1) is 12.4 Å². The van der Waals surface area contributed by atoms with Gasteiger partial charge in [0.1, 0.15) is 0 Å². The summed E-state index contributed by atoms with van der Waals surface area (Å²) in [6.45, 7) is 2.33. The van der Waals surface area contributed by atoms with E-state index in [1.54, 1.807) is 0 Å². The molecule has 0 aromatic carbocycles. The Morgan fingerprint density at radius 3 is 2.40 bits per heavy atom. The summed E-state index contributed by atoms with van der Waals surface area (Å²) < 4.78 is 25.3. The van der Waals surface area contributed by atoms with Gasteiger partial charge in [-0.15, -0.1) is 0 Å². The number of hydrogen-bond acceptors (Lipinski definition) is 3. The van der Waals surface area contributed by atoms with E-state index in [-0.39, 0.29) is 17.8 Å². The third kappa shape index (κ3) is 4.49. The average Bonchev–Trinajstić information content (AvgIpc) is 2.17. The summed E-state index contributed by atoms with van der Waals surface area (Å²) in [5.41, 5.74) is 0.112. The van der Waals surface area contributed by atoms with E-state index in [0.717, 1.165) is 12.8 Å². The molecule has 1 aliphatic rings. The lowest BCUT2D eigenvalue weighted by molar-refractivity contribution is 0.219. The predicted octanol–water partition coefficient (Wildman–Crippen LogP) is 0.868. The van der Waals surface area contributed by atoms with Gasteiger partial charge in [0.25, 0.3) is 0 Å². The second kappa shape index (κ2) is 5.27. The molecule has 15 heavy (non-hydrogen) atoms. The van der Waals surface area contributed by atoms with Crippen molar-refractivity contribution < 1.29 is 13.5 Å². The van der Waals surface area contributed by atoms with E-state index in [0.29, 0.717) is 6.54 Å². The van der Waals surface area contributed by atoms with E-state index >= 15 is 0 Å². The first kappa shape index (κ1) is 12.9. The fourth-order valence-corrected chi connectivity index (χ4v) is 3.01. The third-order valence-corrected chi connectivity index (χ3v) is 4.44. The van der Waals surface area contributed by atoms with Crippen LogP contribution in [0.15, 0.2) is 0 Å². The van der Waals surface area contributed by atoms with Crippen LogP contribution in [0.1, 0.15) is 39.0 Å². The van der Waals surface area contributed by atoms with E-state index in [9.17, 15) is 8.42 Å². The Kier molecular flexibility index (Phi) is 4.55. The summed E-state index contributed by atoms with van der Waals surface area (Å²) >= 11 is 0. The number of sulfonamides is 1. The van der Waals surface area contributed by atoms with Crippen molar-refractivity contribution in [3.8, 4) is 0 Å². The quantitative estimate of drug-likeness (QED) is 0.743. The molecule has 1 fully saturated rings. The highest BCUT2D eigenvalue weighted by atomic mass is 32.2. The molecule has 4 nitrogen and oxygen atoms in total. The van der Waals surface area contributed by atoms with Crippen LogP contribution in [-0.2, 0) is 10.0 Å². The Bertz CT molecular complexity index is 281. The molecular formula is C10H21NO3S. The second-order valence-corrected chi connectivity index (χ2v) is 6.66. The molecule has 0 aromatic rings. The Labute approximate surface area is 92.1 Å². The summed E-state index contributed by atoms with van der Waals surface area (Å²) in [5, 5.41) is 8.58. The molecule has 0 amide bonds. The average molecular weight is 235 g/mol. The van der Waals surface area contributed by atoms with Gasteiger partial charge in [-0.3, -0.25) is 0 Å². The van der Waals surface area contributed by atoms with Crippen molar-refractivity contribution in [3.05, 3.63) is 0 Å². The topological polar surface area (TPSA) is 66.4 Å². The Hall–Kier alpha value is -0.130. The molecule has 0 atom stereocenters. The Balaban J connectivity index is 2.41. The lowest BCUT2D eigenvalue weighted by atomic mass is 9.76. The minimum absolute atomic E-state index is 0.112. The van der Waals surface area contributed by atoms with Gasteiger partial charge in [0.2, 0.25) is 10.0 Å². The molecule has 0 heterocycles. The molecule has 0 spiro atoms. The summed E-state index contributed by atoms with van der Waals surface area (Å²) in [5.74, 6) is -0.191. The zero-order chi connectivity index (χ0) is 11.4. The van der Waals surface area contributed by atoms with Crippen LogP contribution in [0.2, 0.25) is 0 Å². The van der Waals surface area contributed by atoms with Crippen molar-refractivity contribution in [2.24, 2.45) is 5.41 Å². The van der Waals surface area contributed by atoms with Gasteiger partial charge in [0, 0.05) is 6.54 Å². The molecule has 5 heteroatoms. The molecule has 0 bridgehead atoms. The minimum Gasteiger partial charge on any atom is -0.395 e. The molecule has 0 aliphatic heterocycles. The van der Waals surface area contributed by atoms with Gasteiger partial charge in [0.15, 0.2) is 0 Å². The van der Waals surface area contributed by atoms with Gasteiger partial charge >= 0.3 is 0 Å². The molecule has 1 rings (SSSR count). The van der Waals surface area contributed by atoms with Crippen LogP contribution in [0.3, 0.4) is 0 Å². The summed E-state index contributed by atoms with van der Waals surface area (Å²) in [7, 11) is -3.27. The molecule has 1 saturated carbocycles. The molecule has 2 N–H and O–H groups in total. The highest BCUT2D eigenvalue weighted by Gasteiger charge is 2.27. The number of rotatable bonds is 5. The maximum Gasteiger partial charge on any atom is 0.213 e. The van der Waals surface area contributed by atoms with Crippen LogP contribution in [0.4, 0.5) is 0 Å². The van der Waals surface area contributed by atoms with Crippen LogP contribution in [0.25, 0.3) is 0 Å². The van der Waals surface area contributed by atoms with Crippen molar-refractivity contribution in [1.29, 1.82) is 0 Å². The molecule has 90 valence electrons. The third-order valence-electron chi connectivity index (χ3n) is 3.14. The minimum atomic E-state index is -3.27. The Morgan fingerprint density at radius 2 is 1.87 bits per heavy atom. The predicted molar refractivity (Wildman–Crippen MR) is 60.1 cm³/mol. The zero-order valence-corrected chi connectivity index (χ0v) is 10.1. The van der Waals surface area contributed by atoms with Crippen molar-refractivity contribution in [1.82, 2.24) is 4.72 Å². The lowest BCUT2D eigenvalue weighted by Gasteiger charge is -2.33. The fraction of sp³-hybridized carbons (Fsp3) is 1.00.